The maximum absolute atomic E-state index is 13.5. The number of aryl methyl sites for hydroxylation is 1. The molecule has 2 fully saturated rings. The second-order valence-electron chi connectivity index (χ2n) is 8.04. The molecule has 2 aromatic rings. The van der Waals surface area contributed by atoms with Gasteiger partial charge >= 0.3 is 11.8 Å². The second-order valence-corrected chi connectivity index (χ2v) is 8.04. The van der Waals surface area contributed by atoms with Gasteiger partial charge in [0.2, 0.25) is 11.7 Å². The van der Waals surface area contributed by atoms with Crippen molar-refractivity contribution < 1.29 is 27.2 Å². The Kier molecular flexibility index (Phi) is 4.94. The number of nitrogens with one attached hydrogen (secondary N) is 1. The molecule has 2 aliphatic carbocycles. The third-order valence-electron chi connectivity index (χ3n) is 6.04. The number of rotatable bonds is 6. The molecule has 1 aromatic carbocycles. The van der Waals surface area contributed by atoms with Crippen molar-refractivity contribution in [3.8, 4) is 0 Å². The summed E-state index contributed by atoms with van der Waals surface area (Å²) in [6, 6.07) is 8.63. The van der Waals surface area contributed by atoms with E-state index in [1.54, 1.807) is 37.4 Å². The lowest BCUT2D eigenvalue weighted by atomic mass is 9.74. The fourth-order valence-electron chi connectivity index (χ4n) is 4.06. The number of benzene rings is 1. The average molecular weight is 423 g/mol. The molecule has 2 saturated carbocycles. The minimum absolute atomic E-state index is 0.0196. The van der Waals surface area contributed by atoms with Crippen LogP contribution in [0.15, 0.2) is 30.3 Å². The molecule has 0 unspecified atom stereocenters. The van der Waals surface area contributed by atoms with Crippen molar-refractivity contribution in [3.63, 3.8) is 0 Å². The highest BCUT2D eigenvalue weighted by Gasteiger charge is 2.71. The number of aromatic nitrogens is 2. The van der Waals surface area contributed by atoms with Gasteiger partial charge < -0.3 is 5.32 Å². The fraction of sp³-hybridized carbons (Fsp3) is 0.476. The number of amides is 1. The van der Waals surface area contributed by atoms with Gasteiger partial charge in [-0.2, -0.15) is 22.7 Å². The largest absolute Gasteiger partial charge is 0.313 e. The van der Waals surface area contributed by atoms with Gasteiger partial charge in [0.25, 0.3) is 0 Å². The lowest BCUT2D eigenvalue weighted by Crippen LogP contribution is -2.59. The molecule has 4 rings (SSSR count). The Hall–Kier alpha value is -2.71. The number of halogens is 4. The van der Waals surface area contributed by atoms with E-state index in [0.717, 1.165) is 19.3 Å². The zero-order valence-corrected chi connectivity index (χ0v) is 16.3. The second kappa shape index (κ2) is 7.21. The van der Waals surface area contributed by atoms with Crippen molar-refractivity contribution in [1.82, 2.24) is 9.78 Å². The normalized spacial score (nSPS) is 22.1. The minimum Gasteiger partial charge on any atom is -0.309 e. The molecule has 2 aliphatic rings. The average Bonchev–Trinajstić information content (AvgIpc) is 2.95. The highest BCUT2D eigenvalue weighted by molar-refractivity contribution is 6.10. The summed E-state index contributed by atoms with van der Waals surface area (Å²) in [5.41, 5.74) is 1.38. The van der Waals surface area contributed by atoms with Crippen molar-refractivity contribution in [1.29, 1.82) is 0 Å². The van der Waals surface area contributed by atoms with Gasteiger partial charge in [0, 0.05) is 36.9 Å². The van der Waals surface area contributed by atoms with Crippen molar-refractivity contribution in [3.05, 3.63) is 47.2 Å². The lowest BCUT2D eigenvalue weighted by Gasteiger charge is -2.43. The van der Waals surface area contributed by atoms with Crippen LogP contribution in [-0.4, -0.2) is 33.3 Å². The molecule has 1 aromatic heterocycles. The van der Waals surface area contributed by atoms with Crippen LogP contribution in [0.5, 0.6) is 0 Å². The van der Waals surface area contributed by atoms with Crippen LogP contribution in [0, 0.1) is 5.92 Å². The smallest absolute Gasteiger partial charge is 0.309 e. The molecule has 0 radical (unpaired) electrons. The Bertz CT molecular complexity index is 984. The Morgan fingerprint density at radius 2 is 1.83 bits per heavy atom. The molecule has 0 spiro atoms. The number of nitrogens with zero attached hydrogens (tertiary/aromatic N) is 2. The van der Waals surface area contributed by atoms with Crippen LogP contribution < -0.4 is 5.32 Å². The molecule has 9 heteroatoms. The van der Waals surface area contributed by atoms with Crippen LogP contribution in [0.25, 0.3) is 0 Å². The topological polar surface area (TPSA) is 64.0 Å². The van der Waals surface area contributed by atoms with Crippen molar-refractivity contribution in [2.75, 3.05) is 5.32 Å². The maximum Gasteiger partial charge on any atom is 0.313 e. The molecular weight excluding hydrogens is 402 g/mol. The molecule has 160 valence electrons. The summed E-state index contributed by atoms with van der Waals surface area (Å²) in [7, 11) is 1.58. The number of anilines is 1. The summed E-state index contributed by atoms with van der Waals surface area (Å²) >= 11 is 0. The molecule has 5 nitrogen and oxygen atoms in total. The first-order valence-corrected chi connectivity index (χ1v) is 9.84. The van der Waals surface area contributed by atoms with Gasteiger partial charge in [-0.25, -0.2) is 0 Å². The molecule has 30 heavy (non-hydrogen) atoms. The summed E-state index contributed by atoms with van der Waals surface area (Å²) in [5, 5.41) is 6.73. The number of carbonyl (C=O) groups excluding carboxylic acids is 2. The van der Waals surface area contributed by atoms with Crippen LogP contribution >= 0.6 is 0 Å². The Balaban J connectivity index is 1.58. The van der Waals surface area contributed by atoms with Crippen LogP contribution in [0.3, 0.4) is 0 Å². The van der Waals surface area contributed by atoms with E-state index in [1.807, 2.05) is 0 Å². The predicted molar refractivity (Wildman–Crippen MR) is 101 cm³/mol. The van der Waals surface area contributed by atoms with E-state index in [4.69, 9.17) is 0 Å². The predicted octanol–water partition coefficient (Wildman–Crippen LogP) is 4.54. The first-order chi connectivity index (χ1) is 14.1. The highest BCUT2D eigenvalue weighted by Crippen LogP contribution is 2.56. The molecule has 1 heterocycles. The molecular formula is C21H21F4N3O2. The van der Waals surface area contributed by atoms with Gasteiger partial charge in [0.15, 0.2) is 5.82 Å². The van der Waals surface area contributed by atoms with Gasteiger partial charge in [0.1, 0.15) is 5.69 Å². The van der Waals surface area contributed by atoms with Crippen molar-refractivity contribution in [2.24, 2.45) is 13.0 Å². The van der Waals surface area contributed by atoms with E-state index >= 15 is 0 Å². The van der Waals surface area contributed by atoms with Gasteiger partial charge in [-0.3, -0.25) is 14.3 Å². The van der Waals surface area contributed by atoms with Crippen molar-refractivity contribution >= 4 is 17.5 Å². The number of hydrogen-bond acceptors (Lipinski definition) is 3. The van der Waals surface area contributed by atoms with Gasteiger partial charge in [-0.1, -0.05) is 36.8 Å². The molecule has 0 bridgehead atoms. The molecule has 0 saturated heterocycles. The Labute approximate surface area is 170 Å². The quantitative estimate of drug-likeness (QED) is 0.548. The summed E-state index contributed by atoms with van der Waals surface area (Å²) in [4.78, 5) is 25.4. The van der Waals surface area contributed by atoms with Gasteiger partial charge in [0.05, 0.1) is 0 Å². The Morgan fingerprint density at radius 3 is 2.37 bits per heavy atom. The standard InChI is InChI=1S/C21H21F4N3O2/c1-28-17(18(30)13-6-3-2-4-7-13)16(12-8-5-9-12)19(27-28)26-15(29)10-14-11-20(22,23)21(14,24)25/h2-4,6-7,12,14H,5,8-11H2,1H3,(H,26,27,29)/t14-/m1/s1. The number of carbonyl (C=O) groups is 2. The Morgan fingerprint density at radius 1 is 1.17 bits per heavy atom. The summed E-state index contributed by atoms with van der Waals surface area (Å²) in [5.74, 6) is -10.9. The summed E-state index contributed by atoms with van der Waals surface area (Å²) in [6.45, 7) is 0. The van der Waals surface area contributed by atoms with Crippen LogP contribution in [0.2, 0.25) is 0 Å². The van der Waals surface area contributed by atoms with E-state index in [2.05, 4.69) is 10.4 Å². The first kappa shape index (κ1) is 20.6. The number of ketones is 1. The van der Waals surface area contributed by atoms with E-state index in [0.29, 0.717) is 16.8 Å². The summed E-state index contributed by atoms with van der Waals surface area (Å²) < 4.78 is 54.5. The van der Waals surface area contributed by atoms with Crippen LogP contribution in [0.4, 0.5) is 23.4 Å². The highest BCUT2D eigenvalue weighted by atomic mass is 19.3. The summed E-state index contributed by atoms with van der Waals surface area (Å²) in [6.07, 6.45) is 0.844. The monoisotopic (exact) mass is 423 g/mol. The minimum atomic E-state index is -4.19. The van der Waals surface area contributed by atoms with Gasteiger partial charge in [-0.15, -0.1) is 0 Å². The zero-order chi connectivity index (χ0) is 21.7. The first-order valence-electron chi connectivity index (χ1n) is 9.84. The molecule has 1 atom stereocenters. The van der Waals surface area contributed by atoms with Crippen LogP contribution in [-0.2, 0) is 11.8 Å². The molecule has 0 aliphatic heterocycles. The lowest BCUT2D eigenvalue weighted by molar-refractivity contribution is -0.313. The number of hydrogen-bond donors (Lipinski definition) is 1. The van der Waals surface area contributed by atoms with E-state index in [1.165, 1.54) is 4.68 Å². The third-order valence-corrected chi connectivity index (χ3v) is 6.04. The van der Waals surface area contributed by atoms with E-state index in [-0.39, 0.29) is 17.5 Å². The third kappa shape index (κ3) is 3.30. The zero-order valence-electron chi connectivity index (χ0n) is 16.3. The molecule has 1 amide bonds. The van der Waals surface area contributed by atoms with Crippen LogP contribution in [0.1, 0.15) is 59.6 Å². The maximum atomic E-state index is 13.5. The van der Waals surface area contributed by atoms with E-state index < -0.39 is 36.5 Å². The van der Waals surface area contributed by atoms with Crippen molar-refractivity contribution in [2.45, 2.75) is 49.9 Å². The fourth-order valence-corrected chi connectivity index (χ4v) is 4.06. The molecule has 1 N–H and O–H groups in total. The van der Waals surface area contributed by atoms with E-state index in [9.17, 15) is 27.2 Å². The van der Waals surface area contributed by atoms with Gasteiger partial charge in [-0.05, 0) is 18.8 Å². The SMILES string of the molecule is Cn1nc(NC(=O)C[C@@H]2CC(F)(F)C2(F)F)c(C2CCC2)c1C(=O)c1ccccc1. The number of alkyl halides is 4.